The van der Waals surface area contributed by atoms with Crippen LogP contribution in [0.5, 0.6) is 0 Å². The SMILES string of the molecule is O=Cc1csc2c(Br)cc(CBr)cc12. The zero-order valence-corrected chi connectivity index (χ0v) is 11.1. The van der Waals surface area contributed by atoms with E-state index in [1.807, 2.05) is 5.38 Å². The zero-order valence-electron chi connectivity index (χ0n) is 7.09. The van der Waals surface area contributed by atoms with Gasteiger partial charge in [0.1, 0.15) is 0 Å². The highest BCUT2D eigenvalue weighted by Gasteiger charge is 2.07. The molecule has 1 aromatic carbocycles. The number of aldehydes is 1. The average Bonchev–Trinajstić information content (AvgIpc) is 2.61. The van der Waals surface area contributed by atoms with Gasteiger partial charge in [0.2, 0.25) is 0 Å². The number of carbonyl (C=O) groups excluding carboxylic acids is 1. The van der Waals surface area contributed by atoms with Crippen LogP contribution < -0.4 is 0 Å². The third-order valence-electron chi connectivity index (χ3n) is 2.00. The van der Waals surface area contributed by atoms with E-state index >= 15 is 0 Å². The van der Waals surface area contributed by atoms with Gasteiger partial charge in [0.25, 0.3) is 0 Å². The number of carbonyl (C=O) groups is 1. The van der Waals surface area contributed by atoms with Crippen LogP contribution in [0.4, 0.5) is 0 Å². The smallest absolute Gasteiger partial charge is 0.151 e. The number of thiophene rings is 1. The molecule has 1 heterocycles. The average molecular weight is 334 g/mol. The second-order valence-electron chi connectivity index (χ2n) is 2.90. The highest BCUT2D eigenvalue weighted by molar-refractivity contribution is 9.10. The van der Waals surface area contributed by atoms with Crippen LogP contribution in [-0.2, 0) is 5.33 Å². The molecule has 1 aromatic heterocycles. The van der Waals surface area contributed by atoms with Crippen LogP contribution in [-0.4, -0.2) is 6.29 Å². The maximum Gasteiger partial charge on any atom is 0.151 e. The van der Waals surface area contributed by atoms with Gasteiger partial charge in [0.15, 0.2) is 6.29 Å². The van der Waals surface area contributed by atoms with E-state index in [0.29, 0.717) is 0 Å². The van der Waals surface area contributed by atoms with E-state index in [9.17, 15) is 4.79 Å². The molecule has 2 aromatic rings. The maximum atomic E-state index is 10.8. The van der Waals surface area contributed by atoms with Gasteiger partial charge in [0, 0.05) is 30.8 Å². The van der Waals surface area contributed by atoms with E-state index in [2.05, 4.69) is 44.0 Å². The first-order chi connectivity index (χ1) is 6.76. The van der Waals surface area contributed by atoms with Gasteiger partial charge in [0.05, 0.1) is 0 Å². The highest BCUT2D eigenvalue weighted by Crippen LogP contribution is 2.33. The van der Waals surface area contributed by atoms with E-state index in [1.54, 1.807) is 11.3 Å². The summed E-state index contributed by atoms with van der Waals surface area (Å²) in [5.41, 5.74) is 1.94. The summed E-state index contributed by atoms with van der Waals surface area (Å²) in [6.07, 6.45) is 0.906. The van der Waals surface area contributed by atoms with Crippen LogP contribution in [0.15, 0.2) is 22.0 Å². The summed E-state index contributed by atoms with van der Waals surface area (Å²) >= 11 is 8.50. The predicted molar refractivity (Wildman–Crippen MR) is 67.5 cm³/mol. The van der Waals surface area contributed by atoms with Gasteiger partial charge in [-0.3, -0.25) is 4.79 Å². The van der Waals surface area contributed by atoms with Crippen LogP contribution >= 0.6 is 43.2 Å². The summed E-state index contributed by atoms with van der Waals surface area (Å²) in [7, 11) is 0. The van der Waals surface area contributed by atoms with Crippen molar-refractivity contribution in [3.05, 3.63) is 33.1 Å². The van der Waals surface area contributed by atoms with Crippen molar-refractivity contribution in [3.8, 4) is 0 Å². The molecule has 4 heteroatoms. The van der Waals surface area contributed by atoms with Crippen LogP contribution in [0.1, 0.15) is 15.9 Å². The lowest BCUT2D eigenvalue weighted by Crippen LogP contribution is -1.80. The standard InChI is InChI=1S/C10H6Br2OS/c11-3-6-1-8-7(4-13)5-14-10(8)9(12)2-6/h1-2,4-5H,3H2. The van der Waals surface area contributed by atoms with Crippen molar-refractivity contribution in [2.24, 2.45) is 0 Å². The van der Waals surface area contributed by atoms with Crippen molar-refractivity contribution in [2.45, 2.75) is 5.33 Å². The van der Waals surface area contributed by atoms with Crippen molar-refractivity contribution >= 4 is 59.6 Å². The Kier molecular flexibility index (Phi) is 3.04. The van der Waals surface area contributed by atoms with Crippen LogP contribution in [0.25, 0.3) is 10.1 Å². The fourth-order valence-electron chi connectivity index (χ4n) is 1.34. The number of hydrogen-bond acceptors (Lipinski definition) is 2. The minimum Gasteiger partial charge on any atom is -0.298 e. The van der Waals surface area contributed by atoms with Crippen LogP contribution in [0.2, 0.25) is 0 Å². The Morgan fingerprint density at radius 3 is 2.86 bits per heavy atom. The van der Waals surface area contributed by atoms with Gasteiger partial charge in [-0.05, 0) is 33.6 Å². The molecule has 0 aliphatic heterocycles. The van der Waals surface area contributed by atoms with Crippen molar-refractivity contribution in [2.75, 3.05) is 0 Å². The van der Waals surface area contributed by atoms with Gasteiger partial charge in [-0.25, -0.2) is 0 Å². The Balaban J connectivity index is 2.79. The number of alkyl halides is 1. The molecule has 0 atom stereocenters. The summed E-state index contributed by atoms with van der Waals surface area (Å²) in [5, 5.41) is 3.73. The Bertz CT molecular complexity index is 490. The van der Waals surface area contributed by atoms with Crippen molar-refractivity contribution in [1.82, 2.24) is 0 Å². The van der Waals surface area contributed by atoms with Crippen molar-refractivity contribution < 1.29 is 4.79 Å². The van der Waals surface area contributed by atoms with E-state index in [-0.39, 0.29) is 0 Å². The van der Waals surface area contributed by atoms with Crippen LogP contribution in [0.3, 0.4) is 0 Å². The van der Waals surface area contributed by atoms with Crippen molar-refractivity contribution in [3.63, 3.8) is 0 Å². The van der Waals surface area contributed by atoms with Gasteiger partial charge in [-0.1, -0.05) is 15.9 Å². The van der Waals surface area contributed by atoms with Gasteiger partial charge in [-0.15, -0.1) is 11.3 Å². The summed E-state index contributed by atoms with van der Waals surface area (Å²) in [4.78, 5) is 10.8. The molecule has 0 bridgehead atoms. The van der Waals surface area contributed by atoms with E-state index in [4.69, 9.17) is 0 Å². The molecule has 0 saturated heterocycles. The normalized spacial score (nSPS) is 10.7. The van der Waals surface area contributed by atoms with E-state index < -0.39 is 0 Å². The fourth-order valence-corrected chi connectivity index (χ4v) is 3.35. The molecular formula is C10H6Br2OS. The molecule has 1 nitrogen and oxygen atoms in total. The zero-order chi connectivity index (χ0) is 10.1. The lowest BCUT2D eigenvalue weighted by molar-refractivity contribution is 0.112. The molecule has 0 fully saturated rings. The molecule has 0 aliphatic carbocycles. The molecule has 0 aliphatic rings. The third-order valence-corrected chi connectivity index (χ3v) is 4.58. The minimum absolute atomic E-state index is 0.772. The maximum absolute atomic E-state index is 10.8. The molecule has 2 rings (SSSR count). The second kappa shape index (κ2) is 4.13. The molecule has 0 N–H and O–H groups in total. The predicted octanol–water partition coefficient (Wildman–Crippen LogP) is 4.37. The van der Waals surface area contributed by atoms with Crippen LogP contribution in [0, 0.1) is 0 Å². The molecule has 14 heavy (non-hydrogen) atoms. The minimum atomic E-state index is 0.772. The summed E-state index contributed by atoms with van der Waals surface area (Å²) in [5.74, 6) is 0. The first-order valence-corrected chi connectivity index (χ1v) is 6.76. The van der Waals surface area contributed by atoms with E-state index in [0.717, 1.165) is 31.7 Å². The third kappa shape index (κ3) is 1.66. The second-order valence-corrected chi connectivity index (χ2v) is 5.19. The fraction of sp³-hybridized carbons (Fsp3) is 0.100. The van der Waals surface area contributed by atoms with E-state index in [1.165, 1.54) is 5.56 Å². The number of benzene rings is 1. The lowest BCUT2D eigenvalue weighted by atomic mass is 10.1. The quantitative estimate of drug-likeness (QED) is 0.589. The molecule has 0 saturated carbocycles. The molecular weight excluding hydrogens is 328 g/mol. The summed E-state index contributed by atoms with van der Waals surface area (Å²) in [6.45, 7) is 0. The number of halogens is 2. The number of fused-ring (bicyclic) bond motifs is 1. The number of rotatable bonds is 2. The Morgan fingerprint density at radius 1 is 1.43 bits per heavy atom. The largest absolute Gasteiger partial charge is 0.298 e. The lowest BCUT2D eigenvalue weighted by Gasteiger charge is -1.99. The molecule has 0 radical (unpaired) electrons. The Labute approximate surface area is 102 Å². The first kappa shape index (κ1) is 10.3. The van der Waals surface area contributed by atoms with Gasteiger partial charge >= 0.3 is 0 Å². The summed E-state index contributed by atoms with van der Waals surface area (Å²) < 4.78 is 2.19. The monoisotopic (exact) mass is 332 g/mol. The topological polar surface area (TPSA) is 17.1 Å². The molecule has 72 valence electrons. The summed E-state index contributed by atoms with van der Waals surface area (Å²) in [6, 6.07) is 4.12. The molecule has 0 amide bonds. The van der Waals surface area contributed by atoms with Gasteiger partial charge in [-0.2, -0.15) is 0 Å². The van der Waals surface area contributed by atoms with Crippen molar-refractivity contribution in [1.29, 1.82) is 0 Å². The number of hydrogen-bond donors (Lipinski definition) is 0. The van der Waals surface area contributed by atoms with Gasteiger partial charge < -0.3 is 0 Å². The molecule has 0 unspecified atom stereocenters. The Hall–Kier alpha value is -0.190. The highest BCUT2D eigenvalue weighted by atomic mass is 79.9. The first-order valence-electron chi connectivity index (χ1n) is 3.97. The molecule has 0 spiro atoms. The Morgan fingerprint density at radius 2 is 2.21 bits per heavy atom.